The number of fused-ring (bicyclic) bond motifs is 1. The van der Waals surface area contributed by atoms with Crippen molar-refractivity contribution >= 4 is 34.5 Å². The van der Waals surface area contributed by atoms with Crippen LogP contribution >= 0.6 is 23.8 Å². The average molecular weight is 274 g/mol. The van der Waals surface area contributed by atoms with Crippen LogP contribution in [0.15, 0.2) is 48.5 Å². The molecular weight excluding hydrogens is 262 g/mol. The van der Waals surface area contributed by atoms with Crippen molar-refractivity contribution in [1.82, 2.24) is 0 Å². The van der Waals surface area contributed by atoms with Gasteiger partial charge in [0.05, 0.1) is 6.04 Å². The Balaban J connectivity index is 2.06. The number of halogens is 1. The highest BCUT2D eigenvalue weighted by atomic mass is 35.5. The van der Waals surface area contributed by atoms with Gasteiger partial charge < -0.3 is 4.90 Å². The molecule has 0 fully saturated rings. The van der Waals surface area contributed by atoms with Crippen LogP contribution in [0.5, 0.6) is 0 Å². The number of thiocarbonyl (C=S) groups is 1. The van der Waals surface area contributed by atoms with Gasteiger partial charge in [0.2, 0.25) is 0 Å². The predicted molar refractivity (Wildman–Crippen MR) is 80.5 cm³/mol. The smallest absolute Gasteiger partial charge is 0.114 e. The molecule has 1 nitrogen and oxygen atoms in total. The summed E-state index contributed by atoms with van der Waals surface area (Å²) in [5.41, 5.74) is 3.54. The second kappa shape index (κ2) is 4.38. The molecule has 90 valence electrons. The van der Waals surface area contributed by atoms with Gasteiger partial charge in [0.1, 0.15) is 4.99 Å². The monoisotopic (exact) mass is 273 g/mol. The van der Waals surface area contributed by atoms with Gasteiger partial charge in [0.15, 0.2) is 0 Å². The van der Waals surface area contributed by atoms with Gasteiger partial charge >= 0.3 is 0 Å². The van der Waals surface area contributed by atoms with E-state index in [4.69, 9.17) is 23.8 Å². The van der Waals surface area contributed by atoms with E-state index < -0.39 is 0 Å². The van der Waals surface area contributed by atoms with Crippen molar-refractivity contribution in [2.45, 2.75) is 13.0 Å². The van der Waals surface area contributed by atoms with Crippen LogP contribution in [0, 0.1) is 0 Å². The first kappa shape index (κ1) is 11.7. The number of rotatable bonds is 1. The molecular formula is C15H12ClNS. The maximum Gasteiger partial charge on any atom is 0.114 e. The Hall–Kier alpha value is -1.38. The molecule has 18 heavy (non-hydrogen) atoms. The highest BCUT2D eigenvalue weighted by Gasteiger charge is 2.31. The van der Waals surface area contributed by atoms with Crippen molar-refractivity contribution in [3.63, 3.8) is 0 Å². The van der Waals surface area contributed by atoms with Gasteiger partial charge in [0, 0.05) is 16.3 Å². The van der Waals surface area contributed by atoms with Crippen LogP contribution in [-0.2, 0) is 0 Å². The molecule has 0 saturated heterocycles. The Kier molecular flexibility index (Phi) is 2.84. The molecule has 1 heterocycles. The molecule has 2 aromatic carbocycles. The third-order valence-electron chi connectivity index (χ3n) is 3.35. The first-order valence-electron chi connectivity index (χ1n) is 5.86. The standard InChI is InChI=1S/C15H12ClNS/c1-10-13-4-2-3-5-14(13)15(18)17(10)12-8-6-11(16)7-9-12/h2-10H,1H3. The van der Waals surface area contributed by atoms with E-state index in [1.165, 1.54) is 5.56 Å². The molecule has 3 heteroatoms. The molecule has 1 aliphatic heterocycles. The molecule has 1 atom stereocenters. The van der Waals surface area contributed by atoms with Crippen molar-refractivity contribution < 1.29 is 0 Å². The van der Waals surface area contributed by atoms with Gasteiger partial charge in [0.25, 0.3) is 0 Å². The van der Waals surface area contributed by atoms with Crippen molar-refractivity contribution in [3.8, 4) is 0 Å². The Morgan fingerprint density at radius 2 is 1.72 bits per heavy atom. The highest BCUT2D eigenvalue weighted by molar-refractivity contribution is 7.81. The Morgan fingerprint density at radius 1 is 1.06 bits per heavy atom. The summed E-state index contributed by atoms with van der Waals surface area (Å²) < 4.78 is 0. The normalized spacial score (nSPS) is 18.0. The molecule has 1 aliphatic rings. The number of hydrogen-bond donors (Lipinski definition) is 0. The van der Waals surface area contributed by atoms with Crippen molar-refractivity contribution in [3.05, 3.63) is 64.7 Å². The Bertz CT molecular complexity index is 606. The zero-order valence-electron chi connectivity index (χ0n) is 9.93. The van der Waals surface area contributed by atoms with Crippen molar-refractivity contribution in [1.29, 1.82) is 0 Å². The van der Waals surface area contributed by atoms with Crippen molar-refractivity contribution in [2.24, 2.45) is 0 Å². The molecule has 0 spiro atoms. The molecule has 0 radical (unpaired) electrons. The summed E-state index contributed by atoms with van der Waals surface area (Å²) in [5, 5.41) is 0.744. The summed E-state index contributed by atoms with van der Waals surface area (Å²) in [6.45, 7) is 2.17. The molecule has 0 saturated carbocycles. The molecule has 1 unspecified atom stereocenters. The van der Waals surface area contributed by atoms with Gasteiger partial charge in [-0.15, -0.1) is 0 Å². The van der Waals surface area contributed by atoms with Crippen LogP contribution in [0.1, 0.15) is 24.1 Å². The second-order valence-electron chi connectivity index (χ2n) is 4.41. The van der Waals surface area contributed by atoms with Gasteiger partial charge in [-0.25, -0.2) is 0 Å². The van der Waals surface area contributed by atoms with Crippen LogP contribution < -0.4 is 4.90 Å². The summed E-state index contributed by atoms with van der Waals surface area (Å²) in [4.78, 5) is 3.07. The van der Waals surface area contributed by atoms with E-state index in [2.05, 4.69) is 30.0 Å². The lowest BCUT2D eigenvalue weighted by atomic mass is 10.1. The number of nitrogens with zero attached hydrogens (tertiary/aromatic N) is 1. The van der Waals surface area contributed by atoms with Crippen LogP contribution in [0.3, 0.4) is 0 Å². The third kappa shape index (κ3) is 1.73. The quantitative estimate of drug-likeness (QED) is 0.699. The van der Waals surface area contributed by atoms with Crippen molar-refractivity contribution in [2.75, 3.05) is 4.90 Å². The van der Waals surface area contributed by atoms with E-state index in [0.29, 0.717) is 0 Å². The Morgan fingerprint density at radius 3 is 2.39 bits per heavy atom. The maximum absolute atomic E-state index is 5.93. The van der Waals surface area contributed by atoms with Crippen LogP contribution in [-0.4, -0.2) is 4.99 Å². The largest absolute Gasteiger partial charge is 0.325 e. The topological polar surface area (TPSA) is 3.24 Å². The summed E-state index contributed by atoms with van der Waals surface area (Å²) in [6.07, 6.45) is 0. The molecule has 0 aromatic heterocycles. The fourth-order valence-electron chi connectivity index (χ4n) is 2.44. The molecule has 0 N–H and O–H groups in total. The van der Waals surface area contributed by atoms with E-state index in [1.807, 2.05) is 30.3 Å². The van der Waals surface area contributed by atoms with Crippen LogP contribution in [0.25, 0.3) is 0 Å². The third-order valence-corrected chi connectivity index (χ3v) is 4.02. The summed E-state index contributed by atoms with van der Waals surface area (Å²) >= 11 is 11.5. The lowest BCUT2D eigenvalue weighted by Gasteiger charge is -2.24. The zero-order chi connectivity index (χ0) is 12.7. The fraction of sp³-hybridized carbons (Fsp3) is 0.133. The zero-order valence-corrected chi connectivity index (χ0v) is 11.5. The lowest BCUT2D eigenvalue weighted by molar-refractivity contribution is 0.824. The molecule has 0 bridgehead atoms. The fourth-order valence-corrected chi connectivity index (χ4v) is 3.02. The highest BCUT2D eigenvalue weighted by Crippen LogP contribution is 2.37. The predicted octanol–water partition coefficient (Wildman–Crippen LogP) is 4.60. The number of hydrogen-bond acceptors (Lipinski definition) is 1. The van der Waals surface area contributed by atoms with Gasteiger partial charge in [-0.05, 0) is 36.8 Å². The van der Waals surface area contributed by atoms with E-state index in [0.717, 1.165) is 21.3 Å². The second-order valence-corrected chi connectivity index (χ2v) is 5.24. The number of anilines is 1. The minimum Gasteiger partial charge on any atom is -0.325 e. The first-order chi connectivity index (χ1) is 8.68. The van der Waals surface area contributed by atoms with Crippen LogP contribution in [0.2, 0.25) is 5.02 Å². The van der Waals surface area contributed by atoms with Gasteiger partial charge in [-0.1, -0.05) is 48.1 Å². The van der Waals surface area contributed by atoms with Gasteiger partial charge in [-0.3, -0.25) is 0 Å². The van der Waals surface area contributed by atoms with E-state index in [1.54, 1.807) is 0 Å². The number of benzene rings is 2. The molecule has 0 amide bonds. The Labute approximate surface area is 117 Å². The van der Waals surface area contributed by atoms with E-state index >= 15 is 0 Å². The molecule has 0 aliphatic carbocycles. The molecule has 3 rings (SSSR count). The summed E-state index contributed by atoms with van der Waals surface area (Å²) in [7, 11) is 0. The molecule has 2 aromatic rings. The minimum absolute atomic E-state index is 0.273. The first-order valence-corrected chi connectivity index (χ1v) is 6.65. The van der Waals surface area contributed by atoms with E-state index in [9.17, 15) is 0 Å². The average Bonchev–Trinajstić information content (AvgIpc) is 2.64. The van der Waals surface area contributed by atoms with Crippen LogP contribution in [0.4, 0.5) is 5.69 Å². The summed E-state index contributed by atoms with van der Waals surface area (Å²) in [6, 6.07) is 16.4. The lowest BCUT2D eigenvalue weighted by Crippen LogP contribution is -2.25. The van der Waals surface area contributed by atoms with Gasteiger partial charge in [-0.2, -0.15) is 0 Å². The minimum atomic E-state index is 0.273. The summed E-state index contributed by atoms with van der Waals surface area (Å²) in [5.74, 6) is 0. The SMILES string of the molecule is CC1c2ccccc2C(=S)N1c1ccc(Cl)cc1. The van der Waals surface area contributed by atoms with E-state index in [-0.39, 0.29) is 6.04 Å². The maximum atomic E-state index is 5.93.